The lowest BCUT2D eigenvalue weighted by molar-refractivity contribution is -0.274. The maximum atomic E-state index is 12.3. The molecule has 7 heteroatoms. The Kier molecular flexibility index (Phi) is 4.17. The molecule has 0 radical (unpaired) electrons. The van der Waals surface area contributed by atoms with E-state index >= 15 is 0 Å². The molecule has 0 aliphatic heterocycles. The minimum absolute atomic E-state index is 0.264. The first-order valence-electron chi connectivity index (χ1n) is 6.25. The average Bonchev–Trinajstić information content (AvgIpc) is 2.86. The van der Waals surface area contributed by atoms with Gasteiger partial charge in [-0.05, 0) is 24.6 Å². The summed E-state index contributed by atoms with van der Waals surface area (Å²) in [5, 5.41) is 13.2. The molecule has 2 rings (SSSR count). The van der Waals surface area contributed by atoms with Crippen molar-refractivity contribution >= 4 is 0 Å². The molecule has 0 unspecified atom stereocenters. The van der Waals surface area contributed by atoms with Gasteiger partial charge < -0.3 is 4.74 Å². The molecule has 4 nitrogen and oxygen atoms in total. The van der Waals surface area contributed by atoms with Crippen molar-refractivity contribution in [3.63, 3.8) is 0 Å². The van der Waals surface area contributed by atoms with Crippen molar-refractivity contribution in [2.75, 3.05) is 0 Å². The molecule has 0 bridgehead atoms. The van der Waals surface area contributed by atoms with Crippen molar-refractivity contribution < 1.29 is 17.9 Å². The number of benzene rings is 1. The molecule has 1 aromatic carbocycles. The van der Waals surface area contributed by atoms with Gasteiger partial charge in [0.1, 0.15) is 5.75 Å². The van der Waals surface area contributed by atoms with Gasteiger partial charge in [-0.2, -0.15) is 10.4 Å². The number of alkyl halides is 3. The Hall–Kier alpha value is -2.49. The quantitative estimate of drug-likeness (QED) is 0.863. The molecule has 0 saturated heterocycles. The van der Waals surface area contributed by atoms with Crippen LogP contribution < -0.4 is 4.74 Å². The van der Waals surface area contributed by atoms with E-state index in [0.29, 0.717) is 17.7 Å². The highest BCUT2D eigenvalue weighted by Gasteiger charge is 2.31. The Morgan fingerprint density at radius 2 is 2.14 bits per heavy atom. The number of ether oxygens (including phenoxy) is 1. The third-order valence-corrected chi connectivity index (χ3v) is 2.74. The Bertz CT molecular complexity index is 671. The third-order valence-electron chi connectivity index (χ3n) is 2.74. The van der Waals surface area contributed by atoms with Crippen molar-refractivity contribution in [1.29, 1.82) is 5.26 Å². The highest BCUT2D eigenvalue weighted by molar-refractivity contribution is 5.71. The summed E-state index contributed by atoms with van der Waals surface area (Å²) in [7, 11) is 0. The van der Waals surface area contributed by atoms with Gasteiger partial charge in [-0.15, -0.1) is 13.2 Å². The molecule has 110 valence electrons. The van der Waals surface area contributed by atoms with E-state index in [1.807, 2.05) is 13.0 Å². The summed E-state index contributed by atoms with van der Waals surface area (Å²) < 4.78 is 42.3. The van der Waals surface area contributed by atoms with Gasteiger partial charge in [-0.1, -0.05) is 6.92 Å². The first-order chi connectivity index (χ1) is 9.93. The third kappa shape index (κ3) is 3.75. The summed E-state index contributed by atoms with van der Waals surface area (Å²) in [5.41, 5.74) is 1.20. The Morgan fingerprint density at radius 1 is 1.38 bits per heavy atom. The first kappa shape index (κ1) is 14.9. The summed E-state index contributed by atoms with van der Waals surface area (Å²) in [6, 6.07) is 5.56. The second-order valence-corrected chi connectivity index (χ2v) is 4.36. The molecule has 0 fully saturated rings. The second-order valence-electron chi connectivity index (χ2n) is 4.36. The predicted molar refractivity (Wildman–Crippen MR) is 69.4 cm³/mol. The lowest BCUT2D eigenvalue weighted by Crippen LogP contribution is -2.17. The monoisotopic (exact) mass is 295 g/mol. The van der Waals surface area contributed by atoms with E-state index in [4.69, 9.17) is 5.26 Å². The molecule has 21 heavy (non-hydrogen) atoms. The summed E-state index contributed by atoms with van der Waals surface area (Å²) in [6.45, 7) is 2.68. The molecule has 0 aliphatic rings. The molecule has 1 heterocycles. The lowest BCUT2D eigenvalue weighted by atomic mass is 10.0. The molecular formula is C14H12F3N3O. The number of nitriles is 1. The number of aryl methyl sites for hydroxylation is 1. The number of hydrogen-bond donors (Lipinski definition) is 0. The van der Waals surface area contributed by atoms with E-state index in [-0.39, 0.29) is 11.3 Å². The van der Waals surface area contributed by atoms with Gasteiger partial charge in [-0.25, -0.2) is 0 Å². The summed E-state index contributed by atoms with van der Waals surface area (Å²) in [4.78, 5) is 0. The van der Waals surface area contributed by atoms with Crippen LogP contribution in [-0.4, -0.2) is 16.1 Å². The van der Waals surface area contributed by atoms with Gasteiger partial charge in [0.25, 0.3) is 0 Å². The summed E-state index contributed by atoms with van der Waals surface area (Å²) >= 11 is 0. The van der Waals surface area contributed by atoms with E-state index in [0.717, 1.165) is 12.5 Å². The molecule has 0 atom stereocenters. The number of halogens is 3. The van der Waals surface area contributed by atoms with E-state index < -0.39 is 6.36 Å². The molecular weight excluding hydrogens is 283 g/mol. The van der Waals surface area contributed by atoms with E-state index in [2.05, 4.69) is 9.84 Å². The fourth-order valence-corrected chi connectivity index (χ4v) is 1.91. The van der Waals surface area contributed by atoms with Gasteiger partial charge in [0, 0.05) is 23.9 Å². The zero-order valence-corrected chi connectivity index (χ0v) is 11.2. The second kappa shape index (κ2) is 5.87. The van der Waals surface area contributed by atoms with Crippen molar-refractivity contribution in [2.45, 2.75) is 26.3 Å². The highest BCUT2D eigenvalue weighted by Crippen LogP contribution is 2.30. The molecule has 1 aromatic heterocycles. The topological polar surface area (TPSA) is 50.8 Å². The van der Waals surface area contributed by atoms with Gasteiger partial charge >= 0.3 is 6.36 Å². The van der Waals surface area contributed by atoms with Crippen LogP contribution in [0.2, 0.25) is 0 Å². The van der Waals surface area contributed by atoms with Crippen LogP contribution in [0.15, 0.2) is 30.6 Å². The van der Waals surface area contributed by atoms with Gasteiger partial charge in [0.15, 0.2) is 0 Å². The predicted octanol–water partition coefficient (Wildman–Crippen LogP) is 3.73. The maximum Gasteiger partial charge on any atom is 0.573 e. The smallest absolute Gasteiger partial charge is 0.406 e. The number of aromatic nitrogens is 2. The van der Waals surface area contributed by atoms with Gasteiger partial charge in [-0.3, -0.25) is 4.68 Å². The van der Waals surface area contributed by atoms with Gasteiger partial charge in [0.05, 0.1) is 17.8 Å². The Morgan fingerprint density at radius 3 is 2.76 bits per heavy atom. The van der Waals surface area contributed by atoms with Crippen LogP contribution in [0.3, 0.4) is 0 Å². The fourth-order valence-electron chi connectivity index (χ4n) is 1.91. The first-order valence-corrected chi connectivity index (χ1v) is 6.25. The van der Waals surface area contributed by atoms with Crippen LogP contribution in [0.1, 0.15) is 18.9 Å². The fraction of sp³-hybridized carbons (Fsp3) is 0.286. The lowest BCUT2D eigenvalue weighted by Gasteiger charge is -2.10. The zero-order chi connectivity index (χ0) is 15.5. The number of hydrogen-bond acceptors (Lipinski definition) is 3. The van der Waals surface area contributed by atoms with E-state index in [9.17, 15) is 13.2 Å². The molecule has 0 saturated carbocycles. The van der Waals surface area contributed by atoms with Crippen LogP contribution in [0.4, 0.5) is 13.2 Å². The van der Waals surface area contributed by atoms with E-state index in [1.54, 1.807) is 10.9 Å². The molecule has 0 N–H and O–H groups in total. The normalized spacial score (nSPS) is 11.2. The number of nitrogens with zero attached hydrogens (tertiary/aromatic N) is 3. The highest BCUT2D eigenvalue weighted by atomic mass is 19.4. The Labute approximate surface area is 119 Å². The molecule has 0 spiro atoms. The van der Waals surface area contributed by atoms with Crippen LogP contribution in [-0.2, 0) is 6.54 Å². The molecule has 2 aromatic rings. The minimum atomic E-state index is -4.77. The van der Waals surface area contributed by atoms with Crippen molar-refractivity contribution in [3.8, 4) is 22.9 Å². The largest absolute Gasteiger partial charge is 0.573 e. The van der Waals surface area contributed by atoms with E-state index in [1.165, 1.54) is 18.3 Å². The summed E-state index contributed by atoms with van der Waals surface area (Å²) in [5.74, 6) is -0.361. The maximum absolute atomic E-state index is 12.3. The molecule has 0 amide bonds. The Balaban J connectivity index is 2.40. The van der Waals surface area contributed by atoms with Gasteiger partial charge in [0.2, 0.25) is 0 Å². The SMILES string of the molecule is CCCn1cc(-c2cc(OC(F)(F)F)ccc2C#N)cn1. The van der Waals surface area contributed by atoms with Crippen LogP contribution in [0, 0.1) is 11.3 Å². The minimum Gasteiger partial charge on any atom is -0.406 e. The van der Waals surface area contributed by atoms with Crippen molar-refractivity contribution in [2.24, 2.45) is 0 Å². The van der Waals surface area contributed by atoms with Crippen LogP contribution >= 0.6 is 0 Å². The van der Waals surface area contributed by atoms with Crippen LogP contribution in [0.25, 0.3) is 11.1 Å². The number of rotatable bonds is 4. The van der Waals surface area contributed by atoms with Crippen molar-refractivity contribution in [1.82, 2.24) is 9.78 Å². The zero-order valence-electron chi connectivity index (χ0n) is 11.2. The summed E-state index contributed by atoms with van der Waals surface area (Å²) in [6.07, 6.45) is -0.679. The average molecular weight is 295 g/mol. The standard InChI is InChI=1S/C14H12F3N3O/c1-2-5-20-9-11(8-19-20)13-6-12(21-14(15,16)17)4-3-10(13)7-18/h3-4,6,8-9H,2,5H2,1H3. The van der Waals surface area contributed by atoms with Crippen molar-refractivity contribution in [3.05, 3.63) is 36.2 Å². The van der Waals surface area contributed by atoms with Crippen LogP contribution in [0.5, 0.6) is 5.75 Å². The molecule has 0 aliphatic carbocycles.